The number of fused-ring (bicyclic) bond motifs is 1. The molecule has 1 aliphatic heterocycles. The Morgan fingerprint density at radius 3 is 2.48 bits per heavy atom. The van der Waals surface area contributed by atoms with Crippen LogP contribution in [0.15, 0.2) is 41.3 Å². The van der Waals surface area contributed by atoms with Crippen LogP contribution in [-0.2, 0) is 21.3 Å². The Labute approximate surface area is 162 Å². The molecular formula is C19H18ClNO5S. The van der Waals surface area contributed by atoms with E-state index in [1.54, 1.807) is 11.0 Å². The fraction of sp³-hybridized carbons (Fsp3) is 0.263. The van der Waals surface area contributed by atoms with E-state index in [2.05, 4.69) is 0 Å². The predicted molar refractivity (Wildman–Crippen MR) is 102 cm³/mol. The Kier molecular flexibility index (Phi) is 5.01. The average Bonchev–Trinajstić information content (AvgIpc) is 2.91. The second-order valence-corrected chi connectivity index (χ2v) is 8.45. The molecule has 1 amide bonds. The summed E-state index contributed by atoms with van der Waals surface area (Å²) in [5, 5.41) is 0.306. The lowest BCUT2D eigenvalue weighted by molar-refractivity contribution is -0.116. The van der Waals surface area contributed by atoms with E-state index in [9.17, 15) is 18.0 Å². The predicted octanol–water partition coefficient (Wildman–Crippen LogP) is 3.61. The van der Waals surface area contributed by atoms with Gasteiger partial charge >= 0.3 is 10.1 Å². The molecule has 2 aromatic carbocycles. The van der Waals surface area contributed by atoms with Gasteiger partial charge in [0.15, 0.2) is 11.5 Å². The second-order valence-electron chi connectivity index (χ2n) is 6.47. The van der Waals surface area contributed by atoms with E-state index in [1.165, 1.54) is 44.2 Å². The molecule has 1 atom stereocenters. The van der Waals surface area contributed by atoms with E-state index in [4.69, 9.17) is 15.8 Å². The highest BCUT2D eigenvalue weighted by Gasteiger charge is 2.31. The molecule has 142 valence electrons. The number of ketones is 1. The van der Waals surface area contributed by atoms with Gasteiger partial charge in [-0.25, -0.2) is 0 Å². The van der Waals surface area contributed by atoms with Crippen LogP contribution < -0.4 is 9.08 Å². The first kappa shape index (κ1) is 19.4. The van der Waals surface area contributed by atoms with E-state index in [0.717, 1.165) is 5.56 Å². The molecule has 0 unspecified atom stereocenters. The Morgan fingerprint density at radius 2 is 1.85 bits per heavy atom. The number of hydrogen-bond donors (Lipinski definition) is 0. The lowest BCUT2D eigenvalue weighted by Crippen LogP contribution is -2.33. The monoisotopic (exact) mass is 407 g/mol. The molecular weight excluding hydrogens is 390 g/mol. The van der Waals surface area contributed by atoms with Crippen LogP contribution in [0.2, 0.25) is 5.02 Å². The standard InChI is InChI=1S/C19H18ClNO5S/c1-11-8-14-9-16(5-6-18(14)21(11)13(3)23)27(24,25)26-19-7-4-15(20)10-17(19)12(2)22/h4-7,9-11H,8H2,1-3H3/t11-/m1/s1. The van der Waals surface area contributed by atoms with Gasteiger partial charge in [-0.15, -0.1) is 0 Å². The molecule has 0 aromatic heterocycles. The number of Topliss-reactive ketones (excluding diaryl/α,β-unsaturated/α-hetero) is 1. The molecule has 1 aliphatic rings. The van der Waals surface area contributed by atoms with Gasteiger partial charge in [-0.3, -0.25) is 9.59 Å². The van der Waals surface area contributed by atoms with Crippen LogP contribution in [0.4, 0.5) is 5.69 Å². The van der Waals surface area contributed by atoms with E-state index in [-0.39, 0.29) is 33.9 Å². The minimum Gasteiger partial charge on any atom is -0.378 e. The number of benzene rings is 2. The third kappa shape index (κ3) is 3.70. The second kappa shape index (κ2) is 6.98. The molecule has 0 N–H and O–H groups in total. The van der Waals surface area contributed by atoms with Crippen molar-refractivity contribution in [1.82, 2.24) is 0 Å². The number of halogens is 1. The van der Waals surface area contributed by atoms with Crippen LogP contribution in [-0.4, -0.2) is 26.2 Å². The lowest BCUT2D eigenvalue weighted by Gasteiger charge is -2.20. The molecule has 0 radical (unpaired) electrons. The molecule has 3 rings (SSSR count). The average molecular weight is 408 g/mol. The highest BCUT2D eigenvalue weighted by Crippen LogP contribution is 2.35. The van der Waals surface area contributed by atoms with Gasteiger partial charge in [0.25, 0.3) is 0 Å². The summed E-state index contributed by atoms with van der Waals surface area (Å²) >= 11 is 5.88. The molecule has 0 spiro atoms. The molecule has 0 bridgehead atoms. The third-order valence-corrected chi connectivity index (χ3v) is 5.88. The lowest BCUT2D eigenvalue weighted by atomic mass is 10.1. The van der Waals surface area contributed by atoms with Crippen molar-refractivity contribution in [3.63, 3.8) is 0 Å². The quantitative estimate of drug-likeness (QED) is 0.571. The Bertz CT molecular complexity index is 1050. The minimum absolute atomic E-state index is 0.0386. The summed E-state index contributed by atoms with van der Waals surface area (Å²) in [6.45, 7) is 4.68. The first-order chi connectivity index (χ1) is 12.6. The fourth-order valence-electron chi connectivity index (χ4n) is 3.26. The van der Waals surface area contributed by atoms with Crippen molar-refractivity contribution in [2.24, 2.45) is 0 Å². The maximum Gasteiger partial charge on any atom is 0.339 e. The molecule has 6 nitrogen and oxygen atoms in total. The Hall–Kier alpha value is -2.38. The van der Waals surface area contributed by atoms with E-state index in [1.807, 2.05) is 6.92 Å². The topological polar surface area (TPSA) is 80.8 Å². The number of anilines is 1. The van der Waals surface area contributed by atoms with Gasteiger partial charge in [0.05, 0.1) is 5.56 Å². The van der Waals surface area contributed by atoms with Crippen molar-refractivity contribution in [1.29, 1.82) is 0 Å². The zero-order valence-corrected chi connectivity index (χ0v) is 16.6. The molecule has 27 heavy (non-hydrogen) atoms. The molecule has 0 saturated heterocycles. The molecule has 2 aromatic rings. The maximum atomic E-state index is 12.7. The summed E-state index contributed by atoms with van der Waals surface area (Å²) in [5.74, 6) is -0.533. The van der Waals surface area contributed by atoms with E-state index < -0.39 is 10.1 Å². The fourth-order valence-corrected chi connectivity index (χ4v) is 4.43. The van der Waals surface area contributed by atoms with Gasteiger partial charge in [-0.05, 0) is 62.2 Å². The number of amides is 1. The SMILES string of the molecule is CC(=O)c1cc(Cl)ccc1OS(=O)(=O)c1ccc2c(c1)C[C@@H](C)N2C(C)=O. The highest BCUT2D eigenvalue weighted by molar-refractivity contribution is 7.87. The van der Waals surface area contributed by atoms with Crippen molar-refractivity contribution >= 4 is 39.1 Å². The number of rotatable bonds is 4. The van der Waals surface area contributed by atoms with Crippen molar-refractivity contribution in [2.75, 3.05) is 4.90 Å². The van der Waals surface area contributed by atoms with Gasteiger partial charge < -0.3 is 9.08 Å². The van der Waals surface area contributed by atoms with Crippen LogP contribution in [0.3, 0.4) is 0 Å². The van der Waals surface area contributed by atoms with Crippen molar-refractivity contribution < 1.29 is 22.2 Å². The van der Waals surface area contributed by atoms with Crippen molar-refractivity contribution in [3.8, 4) is 5.75 Å². The first-order valence-corrected chi connectivity index (χ1v) is 10.1. The van der Waals surface area contributed by atoms with Crippen LogP contribution >= 0.6 is 11.6 Å². The minimum atomic E-state index is -4.16. The number of carbonyl (C=O) groups is 2. The normalized spacial score (nSPS) is 16.1. The summed E-state index contributed by atoms with van der Waals surface area (Å²) in [4.78, 5) is 25.2. The zero-order valence-electron chi connectivity index (χ0n) is 15.0. The molecule has 0 fully saturated rings. The number of nitrogens with zero attached hydrogens (tertiary/aromatic N) is 1. The van der Waals surface area contributed by atoms with Gasteiger partial charge in [0, 0.05) is 23.7 Å². The molecule has 8 heteroatoms. The smallest absolute Gasteiger partial charge is 0.339 e. The van der Waals surface area contributed by atoms with E-state index >= 15 is 0 Å². The van der Waals surface area contributed by atoms with Crippen molar-refractivity contribution in [3.05, 3.63) is 52.5 Å². The van der Waals surface area contributed by atoms with Crippen LogP contribution in [0.5, 0.6) is 5.75 Å². The summed E-state index contributed by atoms with van der Waals surface area (Å²) in [6.07, 6.45) is 0.553. The number of carbonyl (C=O) groups excluding carboxylic acids is 2. The third-order valence-electron chi connectivity index (χ3n) is 4.41. The summed E-state index contributed by atoms with van der Waals surface area (Å²) < 4.78 is 30.6. The van der Waals surface area contributed by atoms with Crippen LogP contribution in [0, 0.1) is 0 Å². The zero-order chi connectivity index (χ0) is 19.9. The molecule has 0 saturated carbocycles. The largest absolute Gasteiger partial charge is 0.378 e. The number of hydrogen-bond acceptors (Lipinski definition) is 5. The summed E-state index contributed by atoms with van der Waals surface area (Å²) in [7, 11) is -4.16. The van der Waals surface area contributed by atoms with Gasteiger partial charge in [-0.2, -0.15) is 8.42 Å². The van der Waals surface area contributed by atoms with Gasteiger partial charge in [-0.1, -0.05) is 11.6 Å². The maximum absolute atomic E-state index is 12.7. The van der Waals surface area contributed by atoms with Crippen LogP contribution in [0.1, 0.15) is 36.7 Å². The Morgan fingerprint density at radius 1 is 1.15 bits per heavy atom. The van der Waals surface area contributed by atoms with Crippen molar-refractivity contribution in [2.45, 2.75) is 38.1 Å². The van der Waals surface area contributed by atoms with E-state index in [0.29, 0.717) is 17.1 Å². The highest BCUT2D eigenvalue weighted by atomic mass is 35.5. The molecule has 1 heterocycles. The summed E-state index contributed by atoms with van der Waals surface area (Å²) in [5.41, 5.74) is 1.54. The van der Waals surface area contributed by atoms with Gasteiger partial charge in [0.2, 0.25) is 5.91 Å². The Balaban J connectivity index is 1.97. The first-order valence-electron chi connectivity index (χ1n) is 8.28. The van der Waals surface area contributed by atoms with Gasteiger partial charge in [0.1, 0.15) is 4.90 Å². The molecule has 0 aliphatic carbocycles. The van der Waals surface area contributed by atoms with Crippen LogP contribution in [0.25, 0.3) is 0 Å². The summed E-state index contributed by atoms with van der Waals surface area (Å²) in [6, 6.07) is 8.63.